The van der Waals surface area contributed by atoms with E-state index in [0.29, 0.717) is 19.1 Å². The first-order valence-corrected chi connectivity index (χ1v) is 8.14. The molecule has 126 valence electrons. The number of anilines is 1. The maximum atomic E-state index is 6.00. The lowest BCUT2D eigenvalue weighted by molar-refractivity contribution is 0.185. The Labute approximate surface area is 142 Å². The number of hydrogen-bond donors (Lipinski definition) is 2. The number of benzene rings is 2. The molecular weight excluding hydrogens is 302 g/mol. The van der Waals surface area contributed by atoms with Gasteiger partial charge in [0.05, 0.1) is 13.2 Å². The lowest BCUT2D eigenvalue weighted by atomic mass is 10.1. The molecule has 3 rings (SSSR count). The number of ether oxygens (including phenoxy) is 2. The van der Waals surface area contributed by atoms with E-state index in [-0.39, 0.29) is 0 Å². The van der Waals surface area contributed by atoms with E-state index in [4.69, 9.17) is 15.2 Å². The second kappa shape index (κ2) is 7.84. The third-order valence-corrected chi connectivity index (χ3v) is 4.02. The van der Waals surface area contributed by atoms with Crippen LogP contribution in [0.1, 0.15) is 16.7 Å². The van der Waals surface area contributed by atoms with Crippen LogP contribution in [-0.4, -0.2) is 26.2 Å². The van der Waals surface area contributed by atoms with Crippen molar-refractivity contribution in [3.05, 3.63) is 59.2 Å². The first kappa shape index (κ1) is 16.3. The molecule has 5 nitrogen and oxygen atoms in total. The van der Waals surface area contributed by atoms with Crippen LogP contribution in [0.5, 0.6) is 5.75 Å². The Balaban J connectivity index is 1.57. The van der Waals surface area contributed by atoms with Crippen LogP contribution < -0.4 is 15.8 Å². The highest BCUT2D eigenvalue weighted by Crippen LogP contribution is 2.26. The molecule has 24 heavy (non-hydrogen) atoms. The topological polar surface area (TPSA) is 68.9 Å². The summed E-state index contributed by atoms with van der Waals surface area (Å²) in [7, 11) is 1.68. The standard InChI is InChI=1S/C19H23N3O2/c1-23-13-16-4-2-3-5-17(16)22-19(20)21-10-8-14-6-7-18-15(12-14)9-11-24-18/h2-7,12H,8-11,13H2,1H3,(H3,20,21,22). The maximum Gasteiger partial charge on any atom is 0.193 e. The van der Waals surface area contributed by atoms with E-state index in [9.17, 15) is 0 Å². The molecule has 1 heterocycles. The van der Waals surface area contributed by atoms with Gasteiger partial charge in [-0.1, -0.05) is 30.3 Å². The lowest BCUT2D eigenvalue weighted by Crippen LogP contribution is -2.23. The Morgan fingerprint density at radius 2 is 2.17 bits per heavy atom. The molecular formula is C19H23N3O2. The highest BCUT2D eigenvalue weighted by molar-refractivity contribution is 5.92. The molecule has 0 saturated heterocycles. The number of methoxy groups -OCH3 is 1. The van der Waals surface area contributed by atoms with Gasteiger partial charge in [-0.15, -0.1) is 0 Å². The van der Waals surface area contributed by atoms with Gasteiger partial charge in [0, 0.05) is 31.3 Å². The minimum Gasteiger partial charge on any atom is -0.493 e. The molecule has 0 saturated carbocycles. The van der Waals surface area contributed by atoms with Gasteiger partial charge in [0.15, 0.2) is 5.96 Å². The minimum absolute atomic E-state index is 0.419. The summed E-state index contributed by atoms with van der Waals surface area (Å²) in [5, 5.41) is 3.15. The molecule has 2 aromatic rings. The van der Waals surface area contributed by atoms with Crippen LogP contribution in [0.15, 0.2) is 47.5 Å². The summed E-state index contributed by atoms with van der Waals surface area (Å²) in [4.78, 5) is 4.42. The molecule has 1 aliphatic rings. The predicted molar refractivity (Wildman–Crippen MR) is 96.6 cm³/mol. The Hall–Kier alpha value is -2.53. The van der Waals surface area contributed by atoms with E-state index in [1.807, 2.05) is 30.3 Å². The van der Waals surface area contributed by atoms with Crippen LogP contribution in [0.2, 0.25) is 0 Å². The second-order valence-corrected chi connectivity index (χ2v) is 5.77. The largest absolute Gasteiger partial charge is 0.493 e. The van der Waals surface area contributed by atoms with Gasteiger partial charge in [0.2, 0.25) is 0 Å². The monoisotopic (exact) mass is 325 g/mol. The summed E-state index contributed by atoms with van der Waals surface area (Å²) in [6.07, 6.45) is 1.85. The zero-order valence-electron chi connectivity index (χ0n) is 13.9. The quantitative estimate of drug-likeness (QED) is 0.633. The van der Waals surface area contributed by atoms with E-state index < -0.39 is 0 Å². The van der Waals surface area contributed by atoms with Gasteiger partial charge in [0.1, 0.15) is 5.75 Å². The van der Waals surface area contributed by atoms with Crippen molar-refractivity contribution >= 4 is 11.6 Å². The molecule has 0 aliphatic carbocycles. The Morgan fingerprint density at radius 3 is 3.04 bits per heavy atom. The molecule has 0 radical (unpaired) electrons. The number of fused-ring (bicyclic) bond motifs is 1. The van der Waals surface area contributed by atoms with E-state index in [1.165, 1.54) is 11.1 Å². The molecule has 0 unspecified atom stereocenters. The molecule has 2 aromatic carbocycles. The van der Waals surface area contributed by atoms with Crippen LogP contribution >= 0.6 is 0 Å². The van der Waals surface area contributed by atoms with Crippen molar-refractivity contribution in [1.29, 1.82) is 0 Å². The number of aliphatic imine (C=N–C) groups is 1. The van der Waals surface area contributed by atoms with Gasteiger partial charge in [-0.25, -0.2) is 0 Å². The van der Waals surface area contributed by atoms with Crippen LogP contribution in [0.3, 0.4) is 0 Å². The van der Waals surface area contributed by atoms with E-state index in [0.717, 1.165) is 36.4 Å². The zero-order chi connectivity index (χ0) is 16.8. The summed E-state index contributed by atoms with van der Waals surface area (Å²) >= 11 is 0. The van der Waals surface area contributed by atoms with Crippen molar-refractivity contribution in [3.63, 3.8) is 0 Å². The van der Waals surface area contributed by atoms with Crippen molar-refractivity contribution in [3.8, 4) is 5.75 Å². The average molecular weight is 325 g/mol. The Kier molecular flexibility index (Phi) is 5.33. The first-order chi connectivity index (χ1) is 11.8. The Morgan fingerprint density at radius 1 is 1.29 bits per heavy atom. The van der Waals surface area contributed by atoms with Crippen molar-refractivity contribution < 1.29 is 9.47 Å². The number of guanidine groups is 1. The molecule has 0 bridgehead atoms. The van der Waals surface area contributed by atoms with E-state index in [2.05, 4.69) is 22.4 Å². The molecule has 0 amide bonds. The van der Waals surface area contributed by atoms with Gasteiger partial charge >= 0.3 is 0 Å². The summed E-state index contributed by atoms with van der Waals surface area (Å²) in [5.41, 5.74) is 10.5. The molecule has 3 N–H and O–H groups in total. The number of nitrogens with two attached hydrogens (primary N) is 1. The van der Waals surface area contributed by atoms with Crippen LogP contribution in [-0.2, 0) is 24.2 Å². The molecule has 1 aliphatic heterocycles. The van der Waals surface area contributed by atoms with Crippen LogP contribution in [0, 0.1) is 0 Å². The minimum atomic E-state index is 0.419. The normalized spacial score (nSPS) is 13.5. The third kappa shape index (κ3) is 4.06. The fourth-order valence-electron chi connectivity index (χ4n) is 2.80. The summed E-state index contributed by atoms with van der Waals surface area (Å²) in [6.45, 7) is 1.97. The Bertz CT molecular complexity index is 728. The zero-order valence-corrected chi connectivity index (χ0v) is 13.9. The second-order valence-electron chi connectivity index (χ2n) is 5.77. The van der Waals surface area contributed by atoms with Crippen molar-refractivity contribution in [2.45, 2.75) is 19.4 Å². The van der Waals surface area contributed by atoms with Crippen LogP contribution in [0.25, 0.3) is 0 Å². The fourth-order valence-corrected chi connectivity index (χ4v) is 2.80. The number of hydrogen-bond acceptors (Lipinski definition) is 3. The number of rotatable bonds is 6. The van der Waals surface area contributed by atoms with Crippen LogP contribution in [0.4, 0.5) is 5.69 Å². The third-order valence-electron chi connectivity index (χ3n) is 4.02. The summed E-state index contributed by atoms with van der Waals surface area (Å²) in [5.74, 6) is 1.43. The maximum absolute atomic E-state index is 6.00. The van der Waals surface area contributed by atoms with E-state index >= 15 is 0 Å². The lowest BCUT2D eigenvalue weighted by Gasteiger charge is -2.11. The summed E-state index contributed by atoms with van der Waals surface area (Å²) in [6, 6.07) is 14.3. The van der Waals surface area contributed by atoms with Crippen molar-refractivity contribution in [1.82, 2.24) is 0 Å². The van der Waals surface area contributed by atoms with Gasteiger partial charge < -0.3 is 20.5 Å². The predicted octanol–water partition coefficient (Wildman–Crippen LogP) is 2.74. The molecule has 0 spiro atoms. The average Bonchev–Trinajstić information content (AvgIpc) is 3.04. The van der Waals surface area contributed by atoms with Gasteiger partial charge in [0.25, 0.3) is 0 Å². The number of nitrogens with one attached hydrogen (secondary N) is 1. The first-order valence-electron chi connectivity index (χ1n) is 8.14. The van der Waals surface area contributed by atoms with Crippen molar-refractivity contribution in [2.75, 3.05) is 25.6 Å². The van der Waals surface area contributed by atoms with Gasteiger partial charge in [-0.2, -0.15) is 0 Å². The van der Waals surface area contributed by atoms with Gasteiger partial charge in [-0.05, 0) is 29.7 Å². The SMILES string of the molecule is COCc1ccccc1NC(N)=NCCc1ccc2c(c1)CCO2. The molecule has 0 aromatic heterocycles. The van der Waals surface area contributed by atoms with Gasteiger partial charge in [-0.3, -0.25) is 4.99 Å². The molecule has 5 heteroatoms. The fraction of sp³-hybridized carbons (Fsp3) is 0.316. The highest BCUT2D eigenvalue weighted by Gasteiger charge is 2.11. The number of para-hydroxylation sites is 1. The molecule has 0 atom stereocenters. The highest BCUT2D eigenvalue weighted by atomic mass is 16.5. The number of nitrogens with zero attached hydrogens (tertiary/aromatic N) is 1. The smallest absolute Gasteiger partial charge is 0.193 e. The van der Waals surface area contributed by atoms with Crippen molar-refractivity contribution in [2.24, 2.45) is 10.7 Å². The summed E-state index contributed by atoms with van der Waals surface area (Å²) < 4.78 is 10.7. The van der Waals surface area contributed by atoms with E-state index in [1.54, 1.807) is 7.11 Å². The molecule has 0 fully saturated rings.